The van der Waals surface area contributed by atoms with Crippen LogP contribution >= 0.6 is 0 Å². The van der Waals surface area contributed by atoms with Gasteiger partial charge in [0.1, 0.15) is 0 Å². The number of hydrogen-bond donors (Lipinski definition) is 1. The molecule has 4 heteroatoms. The molecule has 1 unspecified atom stereocenters. The summed E-state index contributed by atoms with van der Waals surface area (Å²) in [5.41, 5.74) is 1.000. The SMILES string of the molecule is CNC(Cc1nc(-c2ccccc2)no1)C1CC1. The van der Waals surface area contributed by atoms with Crippen molar-refractivity contribution in [2.45, 2.75) is 25.3 Å². The lowest BCUT2D eigenvalue weighted by Gasteiger charge is -2.11. The van der Waals surface area contributed by atoms with Crippen LogP contribution in [0.25, 0.3) is 11.4 Å². The molecule has 0 aliphatic heterocycles. The molecule has 1 aromatic heterocycles. The van der Waals surface area contributed by atoms with Gasteiger partial charge in [-0.1, -0.05) is 35.5 Å². The maximum absolute atomic E-state index is 5.33. The summed E-state index contributed by atoms with van der Waals surface area (Å²) in [6, 6.07) is 10.4. The summed E-state index contributed by atoms with van der Waals surface area (Å²) in [5.74, 6) is 2.18. The molecule has 1 saturated carbocycles. The van der Waals surface area contributed by atoms with Crippen molar-refractivity contribution in [3.05, 3.63) is 36.2 Å². The molecule has 2 aromatic rings. The molecule has 1 N–H and O–H groups in total. The number of benzene rings is 1. The first-order valence-electron chi connectivity index (χ1n) is 6.42. The molecule has 0 spiro atoms. The number of nitrogens with one attached hydrogen (secondary N) is 1. The van der Waals surface area contributed by atoms with Crippen LogP contribution in [0.5, 0.6) is 0 Å². The predicted molar refractivity (Wildman–Crippen MR) is 69.0 cm³/mol. The van der Waals surface area contributed by atoms with Gasteiger partial charge in [-0.05, 0) is 25.8 Å². The third-order valence-corrected chi connectivity index (χ3v) is 3.46. The quantitative estimate of drug-likeness (QED) is 0.875. The Morgan fingerprint density at radius 1 is 1.33 bits per heavy atom. The van der Waals surface area contributed by atoms with Crippen LogP contribution in [-0.4, -0.2) is 23.2 Å². The van der Waals surface area contributed by atoms with E-state index in [1.54, 1.807) is 0 Å². The Labute approximate surface area is 106 Å². The smallest absolute Gasteiger partial charge is 0.228 e. The van der Waals surface area contributed by atoms with Crippen LogP contribution in [0.3, 0.4) is 0 Å². The summed E-state index contributed by atoms with van der Waals surface area (Å²) in [6.45, 7) is 0. The van der Waals surface area contributed by atoms with E-state index in [0.29, 0.717) is 11.9 Å². The van der Waals surface area contributed by atoms with Gasteiger partial charge in [0.05, 0.1) is 0 Å². The molecule has 94 valence electrons. The van der Waals surface area contributed by atoms with E-state index >= 15 is 0 Å². The number of rotatable bonds is 5. The van der Waals surface area contributed by atoms with E-state index in [1.807, 2.05) is 37.4 Å². The topological polar surface area (TPSA) is 51.0 Å². The van der Waals surface area contributed by atoms with Gasteiger partial charge in [0.15, 0.2) is 0 Å². The molecule has 0 radical (unpaired) electrons. The van der Waals surface area contributed by atoms with Gasteiger partial charge in [-0.3, -0.25) is 0 Å². The van der Waals surface area contributed by atoms with Crippen molar-refractivity contribution in [3.8, 4) is 11.4 Å². The molecule has 1 fully saturated rings. The molecule has 1 aliphatic rings. The van der Waals surface area contributed by atoms with E-state index in [0.717, 1.165) is 23.8 Å². The summed E-state index contributed by atoms with van der Waals surface area (Å²) in [4.78, 5) is 4.46. The summed E-state index contributed by atoms with van der Waals surface area (Å²) in [5, 5.41) is 7.37. The lowest BCUT2D eigenvalue weighted by molar-refractivity contribution is 0.352. The first kappa shape index (κ1) is 11.4. The minimum absolute atomic E-state index is 0.467. The Hall–Kier alpha value is -1.68. The van der Waals surface area contributed by atoms with Gasteiger partial charge in [-0.25, -0.2) is 0 Å². The maximum atomic E-state index is 5.33. The van der Waals surface area contributed by atoms with Gasteiger partial charge in [0, 0.05) is 18.0 Å². The minimum Gasteiger partial charge on any atom is -0.339 e. The third-order valence-electron chi connectivity index (χ3n) is 3.46. The van der Waals surface area contributed by atoms with Crippen LogP contribution in [0.2, 0.25) is 0 Å². The maximum Gasteiger partial charge on any atom is 0.228 e. The fourth-order valence-electron chi connectivity index (χ4n) is 2.23. The lowest BCUT2D eigenvalue weighted by atomic mass is 10.1. The highest BCUT2D eigenvalue weighted by molar-refractivity contribution is 5.53. The van der Waals surface area contributed by atoms with Gasteiger partial charge in [0.2, 0.25) is 11.7 Å². The molecule has 1 aliphatic carbocycles. The summed E-state index contributed by atoms with van der Waals surface area (Å²) >= 11 is 0. The molecule has 0 amide bonds. The summed E-state index contributed by atoms with van der Waals surface area (Å²) < 4.78 is 5.33. The van der Waals surface area contributed by atoms with E-state index in [1.165, 1.54) is 12.8 Å². The Balaban J connectivity index is 1.73. The van der Waals surface area contributed by atoms with E-state index in [9.17, 15) is 0 Å². The van der Waals surface area contributed by atoms with Crippen molar-refractivity contribution in [2.75, 3.05) is 7.05 Å². The molecule has 1 atom stereocenters. The summed E-state index contributed by atoms with van der Waals surface area (Å²) in [6.07, 6.45) is 3.44. The zero-order valence-corrected chi connectivity index (χ0v) is 10.5. The standard InChI is InChI=1S/C14H17N3O/c1-15-12(10-7-8-10)9-13-16-14(17-18-13)11-5-3-2-4-6-11/h2-6,10,12,15H,7-9H2,1H3. The largest absolute Gasteiger partial charge is 0.339 e. The Kier molecular flexibility index (Phi) is 3.11. The highest BCUT2D eigenvalue weighted by atomic mass is 16.5. The van der Waals surface area contributed by atoms with Crippen LogP contribution < -0.4 is 5.32 Å². The third kappa shape index (κ3) is 2.43. The molecule has 1 heterocycles. The number of likely N-dealkylation sites (N-methyl/N-ethyl adjacent to an activating group) is 1. The van der Waals surface area contributed by atoms with Crippen LogP contribution in [0.1, 0.15) is 18.7 Å². The van der Waals surface area contributed by atoms with E-state index in [-0.39, 0.29) is 0 Å². The molecule has 18 heavy (non-hydrogen) atoms. The van der Waals surface area contributed by atoms with E-state index < -0.39 is 0 Å². The molecule has 4 nitrogen and oxygen atoms in total. The predicted octanol–water partition coefficient (Wildman–Crippen LogP) is 2.28. The molecule has 0 saturated heterocycles. The number of aromatic nitrogens is 2. The number of hydrogen-bond acceptors (Lipinski definition) is 4. The Morgan fingerprint density at radius 3 is 2.78 bits per heavy atom. The lowest BCUT2D eigenvalue weighted by Crippen LogP contribution is -2.29. The first-order chi connectivity index (χ1) is 8.86. The highest BCUT2D eigenvalue weighted by Gasteiger charge is 2.31. The van der Waals surface area contributed by atoms with Crippen molar-refractivity contribution >= 4 is 0 Å². The van der Waals surface area contributed by atoms with Crippen molar-refractivity contribution in [2.24, 2.45) is 5.92 Å². The van der Waals surface area contributed by atoms with Gasteiger partial charge in [-0.2, -0.15) is 4.98 Å². The average Bonchev–Trinajstić information content (AvgIpc) is 3.16. The fraction of sp³-hybridized carbons (Fsp3) is 0.429. The zero-order chi connectivity index (χ0) is 12.4. The molecular weight excluding hydrogens is 226 g/mol. The molecule has 0 bridgehead atoms. The second kappa shape index (κ2) is 4.90. The van der Waals surface area contributed by atoms with Gasteiger partial charge in [0.25, 0.3) is 0 Å². The zero-order valence-electron chi connectivity index (χ0n) is 10.5. The van der Waals surface area contributed by atoms with E-state index in [4.69, 9.17) is 4.52 Å². The van der Waals surface area contributed by atoms with Crippen molar-refractivity contribution in [1.29, 1.82) is 0 Å². The van der Waals surface area contributed by atoms with E-state index in [2.05, 4.69) is 15.5 Å². The number of nitrogens with zero attached hydrogens (tertiary/aromatic N) is 2. The highest BCUT2D eigenvalue weighted by Crippen LogP contribution is 2.33. The molecule has 3 rings (SSSR count). The van der Waals surface area contributed by atoms with Crippen LogP contribution in [0.15, 0.2) is 34.9 Å². The van der Waals surface area contributed by atoms with Crippen molar-refractivity contribution in [3.63, 3.8) is 0 Å². The van der Waals surface area contributed by atoms with Gasteiger partial charge >= 0.3 is 0 Å². The minimum atomic E-state index is 0.467. The normalized spacial score (nSPS) is 16.7. The summed E-state index contributed by atoms with van der Waals surface area (Å²) in [7, 11) is 2.00. The second-order valence-electron chi connectivity index (χ2n) is 4.81. The van der Waals surface area contributed by atoms with Crippen LogP contribution in [-0.2, 0) is 6.42 Å². The van der Waals surface area contributed by atoms with Gasteiger partial charge < -0.3 is 9.84 Å². The average molecular weight is 243 g/mol. The van der Waals surface area contributed by atoms with Crippen molar-refractivity contribution in [1.82, 2.24) is 15.5 Å². The Bertz CT molecular complexity index is 505. The molecule has 1 aromatic carbocycles. The molecular formula is C14H17N3O. The second-order valence-corrected chi connectivity index (χ2v) is 4.81. The Morgan fingerprint density at radius 2 is 2.11 bits per heavy atom. The first-order valence-corrected chi connectivity index (χ1v) is 6.42. The fourth-order valence-corrected chi connectivity index (χ4v) is 2.23. The van der Waals surface area contributed by atoms with Crippen LogP contribution in [0.4, 0.5) is 0 Å². The van der Waals surface area contributed by atoms with Gasteiger partial charge in [-0.15, -0.1) is 0 Å². The van der Waals surface area contributed by atoms with Crippen molar-refractivity contribution < 1.29 is 4.52 Å². The van der Waals surface area contributed by atoms with Crippen LogP contribution in [0, 0.1) is 5.92 Å². The monoisotopic (exact) mass is 243 g/mol.